The maximum Gasteiger partial charge on any atom is 0.243 e. The van der Waals surface area contributed by atoms with E-state index in [4.69, 9.17) is 5.73 Å². The fourth-order valence-corrected chi connectivity index (χ4v) is 4.12. The van der Waals surface area contributed by atoms with Gasteiger partial charge >= 0.3 is 0 Å². The van der Waals surface area contributed by atoms with Crippen LogP contribution in [0.5, 0.6) is 0 Å². The van der Waals surface area contributed by atoms with Crippen molar-refractivity contribution in [3.8, 4) is 0 Å². The van der Waals surface area contributed by atoms with E-state index in [1.165, 1.54) is 6.07 Å². The molecule has 0 bridgehead atoms. The second kappa shape index (κ2) is 4.55. The van der Waals surface area contributed by atoms with Crippen LogP contribution in [0.4, 0.5) is 5.69 Å². The molecule has 0 unspecified atom stereocenters. The van der Waals surface area contributed by atoms with Gasteiger partial charge in [0.05, 0.1) is 4.90 Å². The first-order chi connectivity index (χ1) is 8.31. The minimum absolute atomic E-state index is 0.0473. The van der Waals surface area contributed by atoms with Crippen molar-refractivity contribution in [2.45, 2.75) is 31.6 Å². The molecule has 1 aromatic rings. The molecule has 4 nitrogen and oxygen atoms in total. The molecule has 1 saturated heterocycles. The minimum atomic E-state index is -3.40. The zero-order valence-electron chi connectivity index (χ0n) is 10.9. The monoisotopic (exact) mass is 268 g/mol. The number of anilines is 1. The maximum atomic E-state index is 12.5. The third-order valence-electron chi connectivity index (χ3n) is 3.36. The lowest BCUT2D eigenvalue weighted by atomic mass is 9.85. The Bertz CT molecular complexity index is 538. The molecule has 18 heavy (non-hydrogen) atoms. The van der Waals surface area contributed by atoms with Crippen LogP contribution in [0, 0.1) is 5.41 Å². The predicted octanol–water partition coefficient (Wildman–Crippen LogP) is 2.08. The lowest BCUT2D eigenvalue weighted by molar-refractivity contribution is 0.187. The van der Waals surface area contributed by atoms with Crippen molar-refractivity contribution in [3.05, 3.63) is 24.3 Å². The molecule has 100 valence electrons. The Hall–Kier alpha value is -1.07. The highest BCUT2D eigenvalue weighted by atomic mass is 32.2. The van der Waals surface area contributed by atoms with E-state index >= 15 is 0 Å². The fourth-order valence-electron chi connectivity index (χ4n) is 2.40. The molecule has 0 aliphatic carbocycles. The Morgan fingerprint density at radius 3 is 2.67 bits per heavy atom. The van der Waals surface area contributed by atoms with Crippen molar-refractivity contribution in [1.82, 2.24) is 4.31 Å². The quantitative estimate of drug-likeness (QED) is 0.835. The van der Waals surface area contributed by atoms with E-state index in [9.17, 15) is 8.42 Å². The average molecular weight is 268 g/mol. The summed E-state index contributed by atoms with van der Waals surface area (Å²) in [6.07, 6.45) is 1.98. The Morgan fingerprint density at radius 1 is 1.33 bits per heavy atom. The van der Waals surface area contributed by atoms with Crippen molar-refractivity contribution in [1.29, 1.82) is 0 Å². The molecule has 5 heteroatoms. The summed E-state index contributed by atoms with van der Waals surface area (Å²) in [4.78, 5) is 0.292. The Kier molecular flexibility index (Phi) is 3.38. The maximum absolute atomic E-state index is 12.5. The first kappa shape index (κ1) is 13.4. The van der Waals surface area contributed by atoms with Gasteiger partial charge in [-0.05, 0) is 36.5 Å². The van der Waals surface area contributed by atoms with Crippen LogP contribution in [0.1, 0.15) is 26.7 Å². The first-order valence-corrected chi connectivity index (χ1v) is 7.61. The molecule has 1 aliphatic rings. The Balaban J connectivity index is 2.31. The third kappa shape index (κ3) is 2.67. The topological polar surface area (TPSA) is 63.4 Å². The van der Waals surface area contributed by atoms with Gasteiger partial charge in [-0.2, -0.15) is 4.31 Å². The number of piperidine rings is 1. The van der Waals surface area contributed by atoms with Gasteiger partial charge in [0.25, 0.3) is 0 Å². The summed E-state index contributed by atoms with van der Waals surface area (Å²) >= 11 is 0. The number of nitrogens with zero attached hydrogens (tertiary/aromatic N) is 1. The van der Waals surface area contributed by atoms with Gasteiger partial charge < -0.3 is 5.73 Å². The van der Waals surface area contributed by atoms with E-state index in [0.29, 0.717) is 23.7 Å². The standard InChI is InChI=1S/C13H20N2O2S/c1-13(2)7-4-8-15(10-13)18(16,17)12-6-3-5-11(14)9-12/h3,5-6,9H,4,7-8,10,14H2,1-2H3. The summed E-state index contributed by atoms with van der Waals surface area (Å²) in [7, 11) is -3.40. The number of sulfonamides is 1. The van der Waals surface area contributed by atoms with Gasteiger partial charge in [0, 0.05) is 18.8 Å². The molecular formula is C13H20N2O2S. The molecule has 0 amide bonds. The van der Waals surface area contributed by atoms with Gasteiger partial charge in [0.2, 0.25) is 10.0 Å². The second-order valence-electron chi connectivity index (χ2n) is 5.68. The molecule has 2 rings (SSSR count). The number of hydrogen-bond acceptors (Lipinski definition) is 3. The van der Waals surface area contributed by atoms with Crippen molar-refractivity contribution in [3.63, 3.8) is 0 Å². The first-order valence-electron chi connectivity index (χ1n) is 6.17. The van der Waals surface area contributed by atoms with E-state index in [2.05, 4.69) is 13.8 Å². The summed E-state index contributed by atoms with van der Waals surface area (Å²) in [5, 5.41) is 0. The zero-order valence-corrected chi connectivity index (χ0v) is 11.7. The van der Waals surface area contributed by atoms with Crippen molar-refractivity contribution < 1.29 is 8.42 Å². The third-order valence-corrected chi connectivity index (χ3v) is 5.20. The number of nitrogen functional groups attached to an aromatic ring is 1. The van der Waals surface area contributed by atoms with Gasteiger partial charge in [-0.3, -0.25) is 0 Å². The number of nitrogens with two attached hydrogens (primary N) is 1. The Labute approximate surface area is 109 Å². The molecule has 1 heterocycles. The van der Waals surface area contributed by atoms with Crippen LogP contribution in [-0.4, -0.2) is 25.8 Å². The van der Waals surface area contributed by atoms with Crippen molar-refractivity contribution in [2.24, 2.45) is 5.41 Å². The number of hydrogen-bond donors (Lipinski definition) is 1. The molecule has 0 spiro atoms. The summed E-state index contributed by atoms with van der Waals surface area (Å²) in [6.45, 7) is 5.38. The smallest absolute Gasteiger partial charge is 0.243 e. The highest BCUT2D eigenvalue weighted by Crippen LogP contribution is 2.31. The molecule has 1 fully saturated rings. The molecule has 1 aliphatic heterocycles. The summed E-state index contributed by atoms with van der Waals surface area (Å²) < 4.78 is 26.6. The SMILES string of the molecule is CC1(C)CCCN(S(=O)(=O)c2cccc(N)c2)C1. The van der Waals surface area contributed by atoms with Gasteiger partial charge in [0.15, 0.2) is 0 Å². The highest BCUT2D eigenvalue weighted by Gasteiger charge is 2.33. The largest absolute Gasteiger partial charge is 0.399 e. The number of benzene rings is 1. The molecule has 0 aromatic heterocycles. The van der Waals surface area contributed by atoms with Crippen LogP contribution in [0.25, 0.3) is 0 Å². The van der Waals surface area contributed by atoms with Crippen LogP contribution in [-0.2, 0) is 10.0 Å². The summed E-state index contributed by atoms with van der Waals surface area (Å²) in [5.41, 5.74) is 6.18. The summed E-state index contributed by atoms with van der Waals surface area (Å²) in [5.74, 6) is 0. The zero-order chi connectivity index (χ0) is 13.4. The van der Waals surface area contributed by atoms with Crippen LogP contribution in [0.3, 0.4) is 0 Å². The lowest BCUT2D eigenvalue weighted by Gasteiger charge is -2.37. The average Bonchev–Trinajstić information content (AvgIpc) is 2.27. The molecule has 2 N–H and O–H groups in total. The van der Waals surface area contributed by atoms with Crippen molar-refractivity contribution in [2.75, 3.05) is 18.8 Å². The molecule has 1 aromatic carbocycles. The van der Waals surface area contributed by atoms with E-state index in [1.807, 2.05) is 0 Å². The van der Waals surface area contributed by atoms with Crippen molar-refractivity contribution >= 4 is 15.7 Å². The number of rotatable bonds is 2. The highest BCUT2D eigenvalue weighted by molar-refractivity contribution is 7.89. The van der Waals surface area contributed by atoms with E-state index in [1.54, 1.807) is 22.5 Å². The normalized spacial score (nSPS) is 20.8. The molecular weight excluding hydrogens is 248 g/mol. The fraction of sp³-hybridized carbons (Fsp3) is 0.538. The van der Waals surface area contributed by atoms with Gasteiger partial charge in [0.1, 0.15) is 0 Å². The van der Waals surface area contributed by atoms with E-state index in [-0.39, 0.29) is 5.41 Å². The summed E-state index contributed by atoms with van der Waals surface area (Å²) in [6, 6.07) is 6.50. The molecule has 0 radical (unpaired) electrons. The molecule has 0 atom stereocenters. The van der Waals surface area contributed by atoms with E-state index < -0.39 is 10.0 Å². The van der Waals surface area contributed by atoms with Gasteiger partial charge in [-0.15, -0.1) is 0 Å². The van der Waals surface area contributed by atoms with Crippen LogP contribution >= 0.6 is 0 Å². The minimum Gasteiger partial charge on any atom is -0.399 e. The van der Waals surface area contributed by atoms with Gasteiger partial charge in [-0.1, -0.05) is 19.9 Å². The predicted molar refractivity (Wildman–Crippen MR) is 72.6 cm³/mol. The lowest BCUT2D eigenvalue weighted by Crippen LogP contribution is -2.43. The molecule has 0 saturated carbocycles. The van der Waals surface area contributed by atoms with Gasteiger partial charge in [-0.25, -0.2) is 8.42 Å². The second-order valence-corrected chi connectivity index (χ2v) is 7.62. The van der Waals surface area contributed by atoms with Crippen LogP contribution < -0.4 is 5.73 Å². The Morgan fingerprint density at radius 2 is 2.06 bits per heavy atom. The van der Waals surface area contributed by atoms with Crippen LogP contribution in [0.2, 0.25) is 0 Å². The van der Waals surface area contributed by atoms with E-state index in [0.717, 1.165) is 12.8 Å². The van der Waals surface area contributed by atoms with Crippen LogP contribution in [0.15, 0.2) is 29.2 Å².